The summed E-state index contributed by atoms with van der Waals surface area (Å²) < 4.78 is 1.65. The number of rotatable bonds is 6. The second-order valence-corrected chi connectivity index (χ2v) is 7.29. The van der Waals surface area contributed by atoms with Crippen molar-refractivity contribution in [1.29, 1.82) is 0 Å². The molecule has 0 unspecified atom stereocenters. The number of nitrogens with one attached hydrogen (secondary N) is 1. The van der Waals surface area contributed by atoms with E-state index in [1.807, 2.05) is 38.1 Å². The summed E-state index contributed by atoms with van der Waals surface area (Å²) in [6.07, 6.45) is 0. The Labute approximate surface area is 160 Å². The first-order chi connectivity index (χ1) is 12.5. The van der Waals surface area contributed by atoms with Gasteiger partial charge in [0, 0.05) is 11.6 Å². The van der Waals surface area contributed by atoms with Gasteiger partial charge in [0.25, 0.3) is 0 Å². The number of amides is 1. The van der Waals surface area contributed by atoms with Gasteiger partial charge in [-0.05, 0) is 65.2 Å². The van der Waals surface area contributed by atoms with Gasteiger partial charge in [-0.2, -0.15) is 4.68 Å². The number of aryl methyl sites for hydroxylation is 2. The minimum atomic E-state index is -0.0834. The number of aromatic nitrogens is 4. The number of hydrogen-bond acceptors (Lipinski definition) is 5. The summed E-state index contributed by atoms with van der Waals surface area (Å²) in [7, 11) is 0. The molecule has 0 aliphatic carbocycles. The fraction of sp³-hybridized carbons (Fsp3) is 0.222. The molecular formula is C18H18ClN5OS. The molecule has 1 heterocycles. The summed E-state index contributed by atoms with van der Waals surface area (Å²) in [6.45, 7) is 4.51. The maximum absolute atomic E-state index is 12.1. The van der Waals surface area contributed by atoms with Crippen LogP contribution in [0.3, 0.4) is 0 Å². The molecule has 3 rings (SSSR count). The Kier molecular flexibility index (Phi) is 5.90. The van der Waals surface area contributed by atoms with E-state index in [-0.39, 0.29) is 11.7 Å². The van der Waals surface area contributed by atoms with E-state index >= 15 is 0 Å². The lowest BCUT2D eigenvalue weighted by Gasteiger charge is -2.07. The van der Waals surface area contributed by atoms with Gasteiger partial charge in [0.05, 0.1) is 11.4 Å². The van der Waals surface area contributed by atoms with Crippen molar-refractivity contribution >= 4 is 29.3 Å². The molecule has 0 aliphatic rings. The van der Waals surface area contributed by atoms with Crippen molar-refractivity contribution < 1.29 is 4.79 Å². The quantitative estimate of drug-likeness (QED) is 0.657. The maximum Gasteiger partial charge on any atom is 0.230 e. The van der Waals surface area contributed by atoms with Gasteiger partial charge in [-0.1, -0.05) is 41.6 Å². The molecule has 0 fully saturated rings. The Hall–Kier alpha value is -2.38. The monoisotopic (exact) mass is 387 g/mol. The van der Waals surface area contributed by atoms with Crippen LogP contribution in [0.2, 0.25) is 5.02 Å². The third-order valence-corrected chi connectivity index (χ3v) is 4.80. The molecule has 0 aliphatic heterocycles. The number of hydrogen-bond donors (Lipinski definition) is 1. The topological polar surface area (TPSA) is 72.7 Å². The van der Waals surface area contributed by atoms with Crippen LogP contribution < -0.4 is 5.32 Å². The predicted molar refractivity (Wildman–Crippen MR) is 103 cm³/mol. The van der Waals surface area contributed by atoms with E-state index in [2.05, 4.69) is 26.9 Å². The lowest BCUT2D eigenvalue weighted by atomic mass is 10.1. The first-order valence-corrected chi connectivity index (χ1v) is 9.38. The molecule has 3 aromatic rings. The number of tetrazole rings is 1. The minimum Gasteiger partial charge on any atom is -0.351 e. The van der Waals surface area contributed by atoms with E-state index in [4.69, 9.17) is 11.6 Å². The van der Waals surface area contributed by atoms with Crippen molar-refractivity contribution in [2.24, 2.45) is 0 Å². The molecule has 1 amide bonds. The van der Waals surface area contributed by atoms with Crippen molar-refractivity contribution in [1.82, 2.24) is 25.5 Å². The second kappa shape index (κ2) is 8.33. The first kappa shape index (κ1) is 18.4. The molecule has 0 spiro atoms. The Morgan fingerprint density at radius 1 is 1.15 bits per heavy atom. The summed E-state index contributed by atoms with van der Waals surface area (Å²) in [5, 5.41) is 15.9. The van der Waals surface area contributed by atoms with E-state index in [0.717, 1.165) is 22.4 Å². The van der Waals surface area contributed by atoms with Crippen LogP contribution >= 0.6 is 23.4 Å². The number of carbonyl (C=O) groups excluding carboxylic acids is 1. The van der Waals surface area contributed by atoms with E-state index in [1.165, 1.54) is 11.8 Å². The normalized spacial score (nSPS) is 10.7. The highest BCUT2D eigenvalue weighted by atomic mass is 35.5. The van der Waals surface area contributed by atoms with Crippen LogP contribution in [-0.4, -0.2) is 31.9 Å². The van der Waals surface area contributed by atoms with E-state index in [9.17, 15) is 4.79 Å². The average Bonchev–Trinajstić information content (AvgIpc) is 3.07. The number of halogens is 1. The maximum atomic E-state index is 12.1. The lowest BCUT2D eigenvalue weighted by Crippen LogP contribution is -2.24. The average molecular weight is 388 g/mol. The lowest BCUT2D eigenvalue weighted by molar-refractivity contribution is -0.118. The summed E-state index contributed by atoms with van der Waals surface area (Å²) in [6, 6.07) is 13.5. The molecule has 0 bridgehead atoms. The van der Waals surface area contributed by atoms with Crippen molar-refractivity contribution in [2.45, 2.75) is 25.5 Å². The summed E-state index contributed by atoms with van der Waals surface area (Å²) in [4.78, 5) is 12.1. The molecule has 0 atom stereocenters. The Balaban J connectivity index is 1.59. The standard InChI is InChI=1S/C18H18ClN5OS/c1-12-7-13(2)9-16(8-12)24-18(21-22-23-24)26-11-17(25)20-10-14-3-5-15(19)6-4-14/h3-9H,10-11H2,1-2H3,(H,20,25). The zero-order valence-electron chi connectivity index (χ0n) is 14.4. The molecule has 6 nitrogen and oxygen atoms in total. The molecule has 26 heavy (non-hydrogen) atoms. The highest BCUT2D eigenvalue weighted by Gasteiger charge is 2.12. The third kappa shape index (κ3) is 4.83. The van der Waals surface area contributed by atoms with Crippen LogP contribution in [0.1, 0.15) is 16.7 Å². The van der Waals surface area contributed by atoms with E-state index in [0.29, 0.717) is 16.7 Å². The summed E-state index contributed by atoms with van der Waals surface area (Å²) in [5.41, 5.74) is 4.14. The van der Waals surface area contributed by atoms with Crippen molar-refractivity contribution in [3.63, 3.8) is 0 Å². The highest BCUT2D eigenvalue weighted by molar-refractivity contribution is 7.99. The van der Waals surface area contributed by atoms with Crippen LogP contribution in [0.15, 0.2) is 47.6 Å². The smallest absolute Gasteiger partial charge is 0.230 e. The number of carbonyl (C=O) groups is 1. The van der Waals surface area contributed by atoms with Crippen LogP contribution in [0, 0.1) is 13.8 Å². The van der Waals surface area contributed by atoms with Crippen molar-refractivity contribution in [2.75, 3.05) is 5.75 Å². The van der Waals surface area contributed by atoms with Gasteiger partial charge >= 0.3 is 0 Å². The second-order valence-electron chi connectivity index (χ2n) is 5.91. The highest BCUT2D eigenvalue weighted by Crippen LogP contribution is 2.20. The Bertz CT molecular complexity index is 890. The molecule has 1 N–H and O–H groups in total. The van der Waals surface area contributed by atoms with Gasteiger partial charge < -0.3 is 5.32 Å². The van der Waals surface area contributed by atoms with Gasteiger partial charge in [0.15, 0.2) is 0 Å². The molecular weight excluding hydrogens is 370 g/mol. The summed E-state index contributed by atoms with van der Waals surface area (Å²) in [5.74, 6) is 0.151. The van der Waals surface area contributed by atoms with Crippen LogP contribution in [0.5, 0.6) is 0 Å². The molecule has 0 radical (unpaired) electrons. The Morgan fingerprint density at radius 3 is 2.54 bits per heavy atom. The molecule has 0 saturated carbocycles. The zero-order chi connectivity index (χ0) is 18.5. The fourth-order valence-electron chi connectivity index (χ4n) is 2.49. The molecule has 2 aromatic carbocycles. The SMILES string of the molecule is Cc1cc(C)cc(-n2nnnc2SCC(=O)NCc2ccc(Cl)cc2)c1. The number of benzene rings is 2. The number of nitrogens with zero attached hydrogens (tertiary/aromatic N) is 4. The van der Waals surface area contributed by atoms with Gasteiger partial charge in [-0.3, -0.25) is 4.79 Å². The Morgan fingerprint density at radius 2 is 1.85 bits per heavy atom. The third-order valence-electron chi connectivity index (χ3n) is 3.63. The molecule has 134 valence electrons. The predicted octanol–water partition coefficient (Wildman–Crippen LogP) is 3.34. The van der Waals surface area contributed by atoms with Gasteiger partial charge in [0.2, 0.25) is 11.1 Å². The zero-order valence-corrected chi connectivity index (χ0v) is 16.0. The van der Waals surface area contributed by atoms with E-state index in [1.54, 1.807) is 16.8 Å². The van der Waals surface area contributed by atoms with E-state index < -0.39 is 0 Å². The van der Waals surface area contributed by atoms with Crippen LogP contribution in [0.4, 0.5) is 0 Å². The van der Waals surface area contributed by atoms with Crippen LogP contribution in [-0.2, 0) is 11.3 Å². The summed E-state index contributed by atoms with van der Waals surface area (Å²) >= 11 is 7.15. The van der Waals surface area contributed by atoms with Crippen molar-refractivity contribution in [3.05, 3.63) is 64.2 Å². The van der Waals surface area contributed by atoms with Gasteiger partial charge in [0.1, 0.15) is 0 Å². The first-order valence-electron chi connectivity index (χ1n) is 8.02. The van der Waals surface area contributed by atoms with Crippen molar-refractivity contribution in [3.8, 4) is 5.69 Å². The number of thioether (sulfide) groups is 1. The van der Waals surface area contributed by atoms with Gasteiger partial charge in [-0.15, -0.1) is 5.10 Å². The molecule has 1 aromatic heterocycles. The van der Waals surface area contributed by atoms with Crippen LogP contribution in [0.25, 0.3) is 5.69 Å². The van der Waals surface area contributed by atoms with Gasteiger partial charge in [-0.25, -0.2) is 0 Å². The fourth-order valence-corrected chi connectivity index (χ4v) is 3.33. The molecule has 0 saturated heterocycles. The largest absolute Gasteiger partial charge is 0.351 e. The molecule has 8 heteroatoms. The minimum absolute atomic E-state index is 0.0834.